The van der Waals surface area contributed by atoms with Gasteiger partial charge in [0.05, 0.1) is 0 Å². The SMILES string of the molecule is CC(=O)c1ccccc1C#CCCNC(=O)OCc1ccccc1. The van der Waals surface area contributed by atoms with Gasteiger partial charge in [-0.05, 0) is 18.6 Å². The van der Waals surface area contributed by atoms with Crippen LogP contribution in [-0.4, -0.2) is 18.4 Å². The Hall–Kier alpha value is -3.06. The van der Waals surface area contributed by atoms with E-state index in [0.717, 1.165) is 5.56 Å². The van der Waals surface area contributed by atoms with E-state index in [0.29, 0.717) is 24.1 Å². The third-order valence-electron chi connectivity index (χ3n) is 3.26. The molecular weight excluding hydrogens is 302 g/mol. The second-order valence-corrected chi connectivity index (χ2v) is 5.14. The van der Waals surface area contributed by atoms with Crippen molar-refractivity contribution < 1.29 is 14.3 Å². The number of hydrogen-bond donors (Lipinski definition) is 1. The topological polar surface area (TPSA) is 55.4 Å². The molecular formula is C20H19NO3. The van der Waals surface area contributed by atoms with Gasteiger partial charge in [0.2, 0.25) is 0 Å². The molecule has 0 aliphatic rings. The quantitative estimate of drug-likeness (QED) is 0.520. The molecule has 0 unspecified atom stereocenters. The van der Waals surface area contributed by atoms with Crippen LogP contribution in [0.1, 0.15) is 34.8 Å². The molecule has 2 aromatic carbocycles. The summed E-state index contributed by atoms with van der Waals surface area (Å²) in [6, 6.07) is 16.7. The molecule has 2 rings (SSSR count). The zero-order valence-electron chi connectivity index (χ0n) is 13.5. The van der Waals surface area contributed by atoms with Crippen molar-refractivity contribution in [2.45, 2.75) is 20.0 Å². The number of ether oxygens (including phenoxy) is 1. The molecule has 0 bridgehead atoms. The van der Waals surface area contributed by atoms with Crippen LogP contribution in [0.15, 0.2) is 54.6 Å². The van der Waals surface area contributed by atoms with E-state index in [1.165, 1.54) is 6.92 Å². The zero-order valence-corrected chi connectivity index (χ0v) is 13.5. The van der Waals surface area contributed by atoms with Gasteiger partial charge in [-0.15, -0.1) is 0 Å². The van der Waals surface area contributed by atoms with Crippen LogP contribution in [0, 0.1) is 11.8 Å². The Kier molecular flexibility index (Phi) is 6.60. The summed E-state index contributed by atoms with van der Waals surface area (Å²) in [5, 5.41) is 2.65. The highest BCUT2D eigenvalue weighted by Crippen LogP contribution is 2.07. The number of alkyl carbamates (subject to hydrolysis) is 1. The molecule has 2 aromatic rings. The number of benzene rings is 2. The van der Waals surface area contributed by atoms with Crippen molar-refractivity contribution >= 4 is 11.9 Å². The molecule has 0 atom stereocenters. The third-order valence-corrected chi connectivity index (χ3v) is 3.26. The zero-order chi connectivity index (χ0) is 17.2. The van der Waals surface area contributed by atoms with Crippen molar-refractivity contribution in [2.75, 3.05) is 6.54 Å². The maximum atomic E-state index is 11.6. The molecule has 0 spiro atoms. The Morgan fingerprint density at radius 2 is 1.75 bits per heavy atom. The number of nitrogens with one attached hydrogen (secondary N) is 1. The van der Waals surface area contributed by atoms with E-state index in [2.05, 4.69) is 17.2 Å². The second kappa shape index (κ2) is 9.16. The average molecular weight is 321 g/mol. The van der Waals surface area contributed by atoms with E-state index in [1.54, 1.807) is 6.07 Å². The molecule has 122 valence electrons. The Bertz CT molecular complexity index is 757. The fourth-order valence-corrected chi connectivity index (χ4v) is 2.06. The largest absolute Gasteiger partial charge is 0.445 e. The van der Waals surface area contributed by atoms with Crippen LogP contribution in [0.3, 0.4) is 0 Å². The smallest absolute Gasteiger partial charge is 0.407 e. The first-order valence-corrected chi connectivity index (χ1v) is 7.70. The van der Waals surface area contributed by atoms with E-state index in [9.17, 15) is 9.59 Å². The monoisotopic (exact) mass is 321 g/mol. The highest BCUT2D eigenvalue weighted by atomic mass is 16.5. The predicted molar refractivity (Wildman–Crippen MR) is 92.6 cm³/mol. The van der Waals surface area contributed by atoms with Gasteiger partial charge in [0, 0.05) is 24.1 Å². The summed E-state index contributed by atoms with van der Waals surface area (Å²) in [6.07, 6.45) is 0.0111. The van der Waals surface area contributed by atoms with Gasteiger partial charge in [-0.3, -0.25) is 4.79 Å². The fourth-order valence-electron chi connectivity index (χ4n) is 2.06. The second-order valence-electron chi connectivity index (χ2n) is 5.14. The normalized spacial score (nSPS) is 9.54. The highest BCUT2D eigenvalue weighted by Gasteiger charge is 2.03. The molecule has 4 heteroatoms. The first-order chi connectivity index (χ1) is 11.7. The van der Waals surface area contributed by atoms with Crippen LogP contribution in [0.2, 0.25) is 0 Å². The molecule has 0 radical (unpaired) electrons. The van der Waals surface area contributed by atoms with E-state index >= 15 is 0 Å². The molecule has 24 heavy (non-hydrogen) atoms. The van der Waals surface area contributed by atoms with Crippen LogP contribution in [0.4, 0.5) is 4.79 Å². The molecule has 0 saturated carbocycles. The lowest BCUT2D eigenvalue weighted by molar-refractivity contribution is 0.101. The fraction of sp³-hybridized carbons (Fsp3) is 0.200. The van der Waals surface area contributed by atoms with Gasteiger partial charge in [-0.2, -0.15) is 0 Å². The number of ketones is 1. The highest BCUT2D eigenvalue weighted by molar-refractivity contribution is 5.96. The number of Topliss-reactive ketones (excluding diaryl/α,β-unsaturated/α-hetero) is 1. The Morgan fingerprint density at radius 3 is 2.50 bits per heavy atom. The number of carbonyl (C=O) groups is 2. The van der Waals surface area contributed by atoms with Crippen molar-refractivity contribution in [3.05, 3.63) is 71.3 Å². The van der Waals surface area contributed by atoms with Gasteiger partial charge in [0.25, 0.3) is 0 Å². The molecule has 0 fully saturated rings. The number of hydrogen-bond acceptors (Lipinski definition) is 3. The summed E-state index contributed by atoms with van der Waals surface area (Å²) >= 11 is 0. The summed E-state index contributed by atoms with van der Waals surface area (Å²) in [5.41, 5.74) is 2.25. The number of amides is 1. The van der Waals surface area contributed by atoms with Gasteiger partial charge < -0.3 is 10.1 Å². The van der Waals surface area contributed by atoms with Crippen molar-refractivity contribution in [1.29, 1.82) is 0 Å². The van der Waals surface area contributed by atoms with E-state index in [1.807, 2.05) is 48.5 Å². The summed E-state index contributed by atoms with van der Waals surface area (Å²) in [6.45, 7) is 2.15. The minimum Gasteiger partial charge on any atom is -0.445 e. The van der Waals surface area contributed by atoms with Gasteiger partial charge in [-0.1, -0.05) is 60.4 Å². The van der Waals surface area contributed by atoms with Gasteiger partial charge in [0.1, 0.15) is 6.61 Å². The summed E-state index contributed by atoms with van der Waals surface area (Å²) in [4.78, 5) is 23.1. The molecule has 0 aliphatic heterocycles. The van der Waals surface area contributed by atoms with Crippen molar-refractivity contribution in [3.63, 3.8) is 0 Å². The molecule has 0 saturated heterocycles. The van der Waals surface area contributed by atoms with Crippen LogP contribution >= 0.6 is 0 Å². The predicted octanol–water partition coefficient (Wildman–Crippen LogP) is 3.56. The van der Waals surface area contributed by atoms with Gasteiger partial charge in [0.15, 0.2) is 5.78 Å². The standard InChI is InChI=1S/C20H19NO3/c1-16(22)19-13-6-5-11-18(19)12-7-8-14-21-20(23)24-15-17-9-3-2-4-10-17/h2-6,9-11,13H,8,14-15H2,1H3,(H,21,23). The lowest BCUT2D eigenvalue weighted by Gasteiger charge is -2.05. The molecule has 4 nitrogen and oxygen atoms in total. The minimum atomic E-state index is -0.468. The van der Waals surface area contributed by atoms with Crippen molar-refractivity contribution in [2.24, 2.45) is 0 Å². The van der Waals surface area contributed by atoms with Crippen LogP contribution in [0.25, 0.3) is 0 Å². The van der Waals surface area contributed by atoms with Gasteiger partial charge in [-0.25, -0.2) is 4.79 Å². The maximum absolute atomic E-state index is 11.6. The average Bonchev–Trinajstić information content (AvgIpc) is 2.61. The minimum absolute atomic E-state index is 0.0116. The summed E-state index contributed by atoms with van der Waals surface area (Å²) in [5.74, 6) is 5.91. The van der Waals surface area contributed by atoms with Crippen LogP contribution < -0.4 is 5.32 Å². The number of rotatable bonds is 5. The summed E-state index contributed by atoms with van der Waals surface area (Å²) in [7, 11) is 0. The molecule has 0 heterocycles. The molecule has 0 aliphatic carbocycles. The van der Waals surface area contributed by atoms with Gasteiger partial charge >= 0.3 is 6.09 Å². The first kappa shape index (κ1) is 17.3. The van der Waals surface area contributed by atoms with Crippen molar-refractivity contribution in [1.82, 2.24) is 5.32 Å². The number of carbonyl (C=O) groups excluding carboxylic acids is 2. The van der Waals surface area contributed by atoms with E-state index < -0.39 is 6.09 Å². The Morgan fingerprint density at radius 1 is 1.04 bits per heavy atom. The van der Waals surface area contributed by atoms with Crippen LogP contribution in [-0.2, 0) is 11.3 Å². The van der Waals surface area contributed by atoms with E-state index in [4.69, 9.17) is 4.74 Å². The lowest BCUT2D eigenvalue weighted by Crippen LogP contribution is -2.24. The molecule has 0 aromatic heterocycles. The maximum Gasteiger partial charge on any atom is 0.407 e. The molecule has 1 amide bonds. The van der Waals surface area contributed by atoms with Crippen molar-refractivity contribution in [3.8, 4) is 11.8 Å². The van der Waals surface area contributed by atoms with Crippen LogP contribution in [0.5, 0.6) is 0 Å². The first-order valence-electron chi connectivity index (χ1n) is 7.70. The molecule has 1 N–H and O–H groups in total. The summed E-state index contributed by atoms with van der Waals surface area (Å²) < 4.78 is 5.10. The lowest BCUT2D eigenvalue weighted by atomic mass is 10.0. The Balaban J connectivity index is 1.74. The third kappa shape index (κ3) is 5.62. The van der Waals surface area contributed by atoms with E-state index in [-0.39, 0.29) is 12.4 Å². The Labute approximate surface area is 141 Å².